The maximum absolute atomic E-state index is 12.2. The van der Waals surface area contributed by atoms with Gasteiger partial charge in [-0.25, -0.2) is 0 Å². The number of nitriles is 1. The summed E-state index contributed by atoms with van der Waals surface area (Å²) in [5.74, 6) is 0.0428. The average Bonchev–Trinajstić information content (AvgIpc) is 2.99. The minimum absolute atomic E-state index is 0.217. The minimum atomic E-state index is -0.217. The molecule has 0 radical (unpaired) electrons. The zero-order valence-electron chi connectivity index (χ0n) is 13.3. The van der Waals surface area contributed by atoms with E-state index in [1.54, 1.807) is 16.9 Å². The Kier molecular flexibility index (Phi) is 5.12. The van der Waals surface area contributed by atoms with Crippen LogP contribution in [0.25, 0.3) is 0 Å². The number of amides is 1. The summed E-state index contributed by atoms with van der Waals surface area (Å²) in [6.45, 7) is 0.420. The molecule has 5 nitrogen and oxygen atoms in total. The Morgan fingerprint density at radius 2 is 1.88 bits per heavy atom. The zero-order valence-corrected chi connectivity index (χ0v) is 14.1. The van der Waals surface area contributed by atoms with E-state index in [0.717, 1.165) is 11.1 Å². The van der Waals surface area contributed by atoms with Crippen LogP contribution in [0.5, 0.6) is 0 Å². The normalized spacial score (nSPS) is 10.2. The van der Waals surface area contributed by atoms with Crippen LogP contribution in [0.4, 0.5) is 5.82 Å². The van der Waals surface area contributed by atoms with E-state index in [0.29, 0.717) is 17.1 Å². The molecule has 3 aromatic rings. The van der Waals surface area contributed by atoms with Gasteiger partial charge in [0.25, 0.3) is 0 Å². The van der Waals surface area contributed by atoms with Gasteiger partial charge in [0, 0.05) is 11.2 Å². The minimum Gasteiger partial charge on any atom is -0.308 e. The predicted molar refractivity (Wildman–Crippen MR) is 96.3 cm³/mol. The maximum Gasteiger partial charge on any atom is 0.230 e. The number of anilines is 1. The van der Waals surface area contributed by atoms with Crippen LogP contribution in [0.2, 0.25) is 5.02 Å². The first kappa shape index (κ1) is 16.7. The molecule has 1 heterocycles. The molecule has 0 bridgehead atoms. The van der Waals surface area contributed by atoms with Crippen LogP contribution in [0.15, 0.2) is 60.8 Å². The lowest BCUT2D eigenvalue weighted by Gasteiger charge is -2.04. The van der Waals surface area contributed by atoms with Gasteiger partial charge in [0.05, 0.1) is 13.0 Å². The number of nitrogens with zero attached hydrogens (tertiary/aromatic N) is 3. The molecule has 0 aliphatic carbocycles. The van der Waals surface area contributed by atoms with Crippen molar-refractivity contribution in [1.82, 2.24) is 9.78 Å². The Bertz CT molecular complexity index is 928. The first-order valence-corrected chi connectivity index (χ1v) is 8.08. The molecule has 0 spiro atoms. The Morgan fingerprint density at radius 3 is 2.60 bits per heavy atom. The van der Waals surface area contributed by atoms with E-state index < -0.39 is 0 Å². The number of aromatic nitrogens is 2. The third-order valence-electron chi connectivity index (χ3n) is 3.64. The third kappa shape index (κ3) is 4.25. The standard InChI is InChI=1S/C19H15ClN4O/c20-17-9-5-4-8-15(17)12-24-13-16(11-21)19(23-24)22-18(25)10-14-6-2-1-3-7-14/h1-9,13H,10,12H2,(H,22,23,25). The molecule has 0 fully saturated rings. The largest absolute Gasteiger partial charge is 0.308 e. The average molecular weight is 351 g/mol. The van der Waals surface area contributed by atoms with E-state index in [-0.39, 0.29) is 18.1 Å². The van der Waals surface area contributed by atoms with Gasteiger partial charge in [-0.1, -0.05) is 60.1 Å². The number of carbonyl (C=O) groups is 1. The highest BCUT2D eigenvalue weighted by Gasteiger charge is 2.13. The highest BCUT2D eigenvalue weighted by Crippen LogP contribution is 2.18. The molecular formula is C19H15ClN4O. The molecule has 1 amide bonds. The van der Waals surface area contributed by atoms with Crippen molar-refractivity contribution < 1.29 is 4.79 Å². The van der Waals surface area contributed by atoms with E-state index >= 15 is 0 Å². The quantitative estimate of drug-likeness (QED) is 0.763. The smallest absolute Gasteiger partial charge is 0.230 e. The Hall–Kier alpha value is -3.10. The molecule has 6 heteroatoms. The van der Waals surface area contributed by atoms with Crippen LogP contribution in [0.1, 0.15) is 16.7 Å². The van der Waals surface area contributed by atoms with Gasteiger partial charge < -0.3 is 5.32 Å². The summed E-state index contributed by atoms with van der Waals surface area (Å²) in [5, 5.41) is 16.9. The Labute approximate surface area is 150 Å². The molecule has 2 aromatic carbocycles. The van der Waals surface area contributed by atoms with E-state index in [9.17, 15) is 10.1 Å². The fraction of sp³-hybridized carbons (Fsp3) is 0.105. The van der Waals surface area contributed by atoms with Gasteiger partial charge in [0.15, 0.2) is 5.82 Å². The summed E-state index contributed by atoms with van der Waals surface area (Å²) in [4.78, 5) is 12.2. The van der Waals surface area contributed by atoms with Crippen LogP contribution in [0.3, 0.4) is 0 Å². The molecule has 3 rings (SSSR count). The van der Waals surface area contributed by atoms with Gasteiger partial charge in [0.1, 0.15) is 11.6 Å². The SMILES string of the molecule is N#Cc1cn(Cc2ccccc2Cl)nc1NC(=O)Cc1ccccc1. The molecular weight excluding hydrogens is 336 g/mol. The first-order valence-electron chi connectivity index (χ1n) is 7.70. The van der Waals surface area contributed by atoms with E-state index in [1.807, 2.05) is 48.5 Å². The second kappa shape index (κ2) is 7.65. The van der Waals surface area contributed by atoms with Crippen LogP contribution in [-0.2, 0) is 17.8 Å². The summed E-state index contributed by atoms with van der Waals surface area (Å²) < 4.78 is 1.60. The molecule has 0 aliphatic heterocycles. The number of nitrogens with one attached hydrogen (secondary N) is 1. The summed E-state index contributed by atoms with van der Waals surface area (Å²) >= 11 is 6.15. The summed E-state index contributed by atoms with van der Waals surface area (Å²) in [5.41, 5.74) is 2.10. The number of benzene rings is 2. The van der Waals surface area contributed by atoms with Gasteiger partial charge in [-0.05, 0) is 17.2 Å². The molecule has 0 saturated carbocycles. The summed E-state index contributed by atoms with van der Waals surface area (Å²) in [6.07, 6.45) is 1.82. The molecule has 124 valence electrons. The summed E-state index contributed by atoms with van der Waals surface area (Å²) in [6, 6.07) is 18.9. The van der Waals surface area contributed by atoms with Crippen LogP contribution in [0, 0.1) is 11.3 Å². The van der Waals surface area contributed by atoms with Crippen molar-refractivity contribution in [2.24, 2.45) is 0 Å². The van der Waals surface area contributed by atoms with Gasteiger partial charge in [0.2, 0.25) is 5.91 Å². The molecule has 0 aliphatic rings. The van der Waals surface area contributed by atoms with Crippen molar-refractivity contribution in [3.05, 3.63) is 82.5 Å². The number of hydrogen-bond donors (Lipinski definition) is 1. The van der Waals surface area contributed by atoms with E-state index in [2.05, 4.69) is 16.5 Å². The van der Waals surface area contributed by atoms with E-state index in [4.69, 9.17) is 11.6 Å². The van der Waals surface area contributed by atoms with Gasteiger partial charge in [-0.2, -0.15) is 10.4 Å². The molecule has 1 N–H and O–H groups in total. The number of halogens is 1. The third-order valence-corrected chi connectivity index (χ3v) is 4.01. The van der Waals surface area contributed by atoms with Crippen molar-refractivity contribution in [3.8, 4) is 6.07 Å². The molecule has 0 atom stereocenters. The maximum atomic E-state index is 12.2. The fourth-order valence-corrected chi connectivity index (χ4v) is 2.63. The van der Waals surface area contributed by atoms with Gasteiger partial charge in [-0.3, -0.25) is 9.48 Å². The lowest BCUT2D eigenvalue weighted by atomic mass is 10.1. The topological polar surface area (TPSA) is 70.7 Å². The number of rotatable bonds is 5. The predicted octanol–water partition coefficient (Wildman–Crippen LogP) is 3.64. The van der Waals surface area contributed by atoms with Crippen LogP contribution in [-0.4, -0.2) is 15.7 Å². The number of hydrogen-bond acceptors (Lipinski definition) is 3. The van der Waals surface area contributed by atoms with Gasteiger partial charge >= 0.3 is 0 Å². The molecule has 0 unspecified atom stereocenters. The van der Waals surface area contributed by atoms with Gasteiger partial charge in [-0.15, -0.1) is 0 Å². The van der Waals surface area contributed by atoms with Crippen molar-refractivity contribution in [1.29, 1.82) is 5.26 Å². The monoisotopic (exact) mass is 350 g/mol. The molecule has 25 heavy (non-hydrogen) atoms. The van der Waals surface area contributed by atoms with Crippen molar-refractivity contribution in [2.45, 2.75) is 13.0 Å². The second-order valence-corrected chi connectivity index (χ2v) is 5.91. The van der Waals surface area contributed by atoms with Crippen LogP contribution >= 0.6 is 11.6 Å². The Balaban J connectivity index is 1.74. The molecule has 1 aromatic heterocycles. The lowest BCUT2D eigenvalue weighted by Crippen LogP contribution is -2.15. The van der Waals surface area contributed by atoms with Crippen molar-refractivity contribution in [2.75, 3.05) is 5.32 Å². The van der Waals surface area contributed by atoms with Crippen LogP contribution < -0.4 is 5.32 Å². The zero-order chi connectivity index (χ0) is 17.6. The second-order valence-electron chi connectivity index (χ2n) is 5.50. The highest BCUT2D eigenvalue weighted by atomic mass is 35.5. The lowest BCUT2D eigenvalue weighted by molar-refractivity contribution is -0.115. The fourth-order valence-electron chi connectivity index (χ4n) is 2.44. The highest BCUT2D eigenvalue weighted by molar-refractivity contribution is 6.31. The number of carbonyl (C=O) groups excluding carboxylic acids is 1. The molecule has 0 saturated heterocycles. The first-order chi connectivity index (χ1) is 12.2. The van der Waals surface area contributed by atoms with Crippen molar-refractivity contribution >= 4 is 23.3 Å². The summed E-state index contributed by atoms with van der Waals surface area (Å²) in [7, 11) is 0. The van der Waals surface area contributed by atoms with Crippen molar-refractivity contribution in [3.63, 3.8) is 0 Å². The van der Waals surface area contributed by atoms with E-state index in [1.165, 1.54) is 0 Å². The Morgan fingerprint density at radius 1 is 1.16 bits per heavy atom.